The number of rotatable bonds is 2. The van der Waals surface area contributed by atoms with E-state index in [0.29, 0.717) is 29.6 Å². The lowest BCUT2D eigenvalue weighted by molar-refractivity contribution is -0.158. The molecule has 4 rings (SSSR count). The first-order valence-corrected chi connectivity index (χ1v) is 8.34. The quantitative estimate of drug-likeness (QED) is 0.427. The monoisotopic (exact) mass is 362 g/mol. The van der Waals surface area contributed by atoms with Gasteiger partial charge in [0, 0.05) is 11.6 Å². The highest BCUT2D eigenvalue weighted by Gasteiger charge is 2.24. The van der Waals surface area contributed by atoms with Crippen molar-refractivity contribution >= 4 is 34.6 Å². The Labute approximate surface area is 153 Å². The highest BCUT2D eigenvalue weighted by Crippen LogP contribution is 2.34. The minimum atomic E-state index is -1.70. The highest BCUT2D eigenvalue weighted by molar-refractivity contribution is 6.29. The molecule has 0 aliphatic heterocycles. The minimum absolute atomic E-state index is 0.00425. The van der Waals surface area contributed by atoms with Gasteiger partial charge in [-0.1, -0.05) is 30.3 Å². The van der Waals surface area contributed by atoms with Gasteiger partial charge in [-0.2, -0.15) is 0 Å². The molecule has 1 aliphatic carbocycles. The van der Waals surface area contributed by atoms with Gasteiger partial charge in [-0.3, -0.25) is 4.79 Å². The van der Waals surface area contributed by atoms with Gasteiger partial charge in [0.25, 0.3) is 0 Å². The zero-order valence-electron chi connectivity index (χ0n) is 14.1. The van der Waals surface area contributed by atoms with E-state index in [1.54, 1.807) is 0 Å². The van der Waals surface area contributed by atoms with Crippen LogP contribution in [0.25, 0.3) is 22.6 Å². The number of benzene rings is 2. The molecule has 0 spiro atoms. The first-order chi connectivity index (χ1) is 13.0. The number of carbonyl (C=O) groups excluding carboxylic acids is 1. The fraction of sp³-hybridized carbons (Fsp3) is 0.0952. The third-order valence-corrected chi connectivity index (χ3v) is 4.42. The molecule has 0 bridgehead atoms. The average Bonchev–Trinajstić information content (AvgIpc) is 3.05. The Bertz CT molecular complexity index is 1150. The van der Waals surface area contributed by atoms with Crippen molar-refractivity contribution in [2.75, 3.05) is 0 Å². The molecule has 0 unspecified atom stereocenters. The van der Waals surface area contributed by atoms with E-state index >= 15 is 0 Å². The SMILES string of the molecule is O=C(O)C(=O)Oc1ccc2c(=O)c3c(oc2c1)C(=Cc1ccccc1)CC3. The predicted octanol–water partition coefficient (Wildman–Crippen LogP) is 3.27. The maximum Gasteiger partial charge on any atom is 0.422 e. The van der Waals surface area contributed by atoms with Crippen LogP contribution < -0.4 is 10.2 Å². The molecule has 1 aromatic heterocycles. The molecule has 0 radical (unpaired) electrons. The second kappa shape index (κ2) is 6.57. The van der Waals surface area contributed by atoms with E-state index in [9.17, 15) is 14.4 Å². The van der Waals surface area contributed by atoms with Gasteiger partial charge in [0.1, 0.15) is 17.1 Å². The molecule has 6 nitrogen and oxygen atoms in total. The molecule has 3 aromatic rings. The maximum absolute atomic E-state index is 12.8. The Morgan fingerprint density at radius 1 is 1.07 bits per heavy atom. The summed E-state index contributed by atoms with van der Waals surface area (Å²) < 4.78 is 10.7. The normalized spacial score (nSPS) is 14.3. The van der Waals surface area contributed by atoms with E-state index in [1.165, 1.54) is 18.2 Å². The third-order valence-electron chi connectivity index (χ3n) is 4.42. The first kappa shape index (κ1) is 16.8. The van der Waals surface area contributed by atoms with Gasteiger partial charge < -0.3 is 14.3 Å². The van der Waals surface area contributed by atoms with E-state index in [-0.39, 0.29) is 16.8 Å². The van der Waals surface area contributed by atoms with Gasteiger partial charge in [-0.25, -0.2) is 9.59 Å². The van der Waals surface area contributed by atoms with Gasteiger partial charge >= 0.3 is 11.9 Å². The first-order valence-electron chi connectivity index (χ1n) is 8.34. The topological polar surface area (TPSA) is 93.8 Å². The van der Waals surface area contributed by atoms with Crippen molar-refractivity contribution in [2.24, 2.45) is 0 Å². The van der Waals surface area contributed by atoms with Crippen molar-refractivity contribution in [1.82, 2.24) is 0 Å². The molecule has 6 heteroatoms. The van der Waals surface area contributed by atoms with Crippen LogP contribution in [-0.4, -0.2) is 17.0 Å². The zero-order valence-corrected chi connectivity index (χ0v) is 14.1. The molecule has 0 saturated carbocycles. The molecule has 1 N–H and O–H groups in total. The van der Waals surface area contributed by atoms with Crippen LogP contribution in [0.4, 0.5) is 0 Å². The maximum atomic E-state index is 12.8. The molecule has 0 atom stereocenters. The van der Waals surface area contributed by atoms with Crippen LogP contribution in [0.15, 0.2) is 57.7 Å². The number of hydrogen-bond acceptors (Lipinski definition) is 5. The number of fused-ring (bicyclic) bond motifs is 2. The van der Waals surface area contributed by atoms with E-state index in [1.807, 2.05) is 36.4 Å². The number of hydrogen-bond donors (Lipinski definition) is 1. The molecule has 2 aromatic carbocycles. The van der Waals surface area contributed by atoms with Crippen LogP contribution in [0.3, 0.4) is 0 Å². The fourth-order valence-corrected chi connectivity index (χ4v) is 3.17. The number of aliphatic carboxylic acids is 1. The Hall–Kier alpha value is -3.67. The van der Waals surface area contributed by atoms with E-state index in [4.69, 9.17) is 14.3 Å². The van der Waals surface area contributed by atoms with Gasteiger partial charge in [0.15, 0.2) is 5.43 Å². The average molecular weight is 362 g/mol. The second-order valence-corrected chi connectivity index (χ2v) is 6.17. The van der Waals surface area contributed by atoms with Crippen molar-refractivity contribution in [3.05, 3.63) is 75.6 Å². The number of esters is 1. The molecule has 1 heterocycles. The number of allylic oxidation sites excluding steroid dienone is 1. The highest BCUT2D eigenvalue weighted by atomic mass is 16.6. The molecule has 1 aliphatic rings. The number of ether oxygens (including phenoxy) is 1. The van der Waals surface area contributed by atoms with E-state index in [2.05, 4.69) is 0 Å². The fourth-order valence-electron chi connectivity index (χ4n) is 3.17. The van der Waals surface area contributed by atoms with Gasteiger partial charge in [0.2, 0.25) is 0 Å². The van der Waals surface area contributed by atoms with Crippen molar-refractivity contribution in [3.8, 4) is 5.75 Å². The van der Waals surface area contributed by atoms with Crippen LogP contribution in [0.2, 0.25) is 0 Å². The van der Waals surface area contributed by atoms with Gasteiger partial charge in [-0.15, -0.1) is 0 Å². The lowest BCUT2D eigenvalue weighted by Crippen LogP contribution is -2.19. The van der Waals surface area contributed by atoms with Crippen LogP contribution in [0.1, 0.15) is 23.3 Å². The molecule has 0 saturated heterocycles. The van der Waals surface area contributed by atoms with Crippen molar-refractivity contribution in [1.29, 1.82) is 0 Å². The van der Waals surface area contributed by atoms with Gasteiger partial charge in [-0.05, 0) is 42.2 Å². The van der Waals surface area contributed by atoms with Crippen molar-refractivity contribution < 1.29 is 23.8 Å². The van der Waals surface area contributed by atoms with Crippen molar-refractivity contribution in [3.63, 3.8) is 0 Å². The zero-order chi connectivity index (χ0) is 19.0. The third kappa shape index (κ3) is 3.13. The van der Waals surface area contributed by atoms with E-state index in [0.717, 1.165) is 11.1 Å². The smallest absolute Gasteiger partial charge is 0.422 e. The number of carboxylic acids is 1. The van der Waals surface area contributed by atoms with Crippen LogP contribution in [0, 0.1) is 0 Å². The number of carboxylic acid groups (broad SMARTS) is 1. The molecule has 0 fully saturated rings. The summed E-state index contributed by atoms with van der Waals surface area (Å²) in [5.41, 5.74) is 2.67. The molecular weight excluding hydrogens is 348 g/mol. The summed E-state index contributed by atoms with van der Waals surface area (Å²) in [5, 5.41) is 9.01. The standard InChI is InChI=1S/C21H14O6/c22-18-15-9-7-14(26-21(25)20(23)24)11-17(15)27-19-13(6-8-16(18)19)10-12-4-2-1-3-5-12/h1-5,7,9-11H,6,8H2,(H,23,24). The second-order valence-electron chi connectivity index (χ2n) is 6.17. The Morgan fingerprint density at radius 3 is 2.59 bits per heavy atom. The summed E-state index contributed by atoms with van der Waals surface area (Å²) in [5.74, 6) is -2.57. The van der Waals surface area contributed by atoms with E-state index < -0.39 is 11.9 Å². The van der Waals surface area contributed by atoms with Gasteiger partial charge in [0.05, 0.1) is 5.39 Å². The molecule has 0 amide bonds. The Morgan fingerprint density at radius 2 is 1.85 bits per heavy atom. The summed E-state index contributed by atoms with van der Waals surface area (Å²) >= 11 is 0. The summed E-state index contributed by atoms with van der Waals surface area (Å²) in [6.45, 7) is 0. The van der Waals surface area contributed by atoms with Crippen LogP contribution in [-0.2, 0) is 16.0 Å². The Balaban J connectivity index is 1.80. The molecule has 27 heavy (non-hydrogen) atoms. The minimum Gasteiger partial charge on any atom is -0.473 e. The lowest BCUT2D eigenvalue weighted by atomic mass is 10.1. The summed E-state index contributed by atoms with van der Waals surface area (Å²) in [6, 6.07) is 13.9. The Kier molecular flexibility index (Phi) is 4.08. The largest absolute Gasteiger partial charge is 0.473 e. The van der Waals surface area contributed by atoms with Crippen LogP contribution in [0.5, 0.6) is 5.75 Å². The summed E-state index contributed by atoms with van der Waals surface area (Å²) in [6.07, 6.45) is 3.27. The lowest BCUT2D eigenvalue weighted by Gasteiger charge is -2.06. The molecular formula is C21H14O6. The van der Waals surface area contributed by atoms with Crippen LogP contribution >= 0.6 is 0 Å². The molecule has 134 valence electrons. The predicted molar refractivity (Wildman–Crippen MR) is 98.4 cm³/mol. The van der Waals surface area contributed by atoms with Crippen molar-refractivity contribution in [2.45, 2.75) is 12.8 Å². The summed E-state index contributed by atoms with van der Waals surface area (Å²) in [7, 11) is 0. The summed E-state index contributed by atoms with van der Waals surface area (Å²) in [4.78, 5) is 34.6. The number of carbonyl (C=O) groups is 2.